The maximum atomic E-state index is 2.37. The van der Waals surface area contributed by atoms with Gasteiger partial charge in [-0.15, -0.1) is 0 Å². The lowest BCUT2D eigenvalue weighted by atomic mass is 10.1. The smallest absolute Gasteiger partial charge is 0.0585 e. The van der Waals surface area contributed by atoms with Crippen molar-refractivity contribution in [3.63, 3.8) is 0 Å². The van der Waals surface area contributed by atoms with Crippen LogP contribution in [0.5, 0.6) is 0 Å². The Morgan fingerprint density at radius 2 is 0.784 bits per heavy atom. The van der Waals surface area contributed by atoms with Gasteiger partial charge >= 0.3 is 0 Å². The van der Waals surface area contributed by atoms with Gasteiger partial charge in [0, 0.05) is 30.7 Å². The fourth-order valence-corrected chi connectivity index (χ4v) is 16.9. The van der Waals surface area contributed by atoms with Crippen molar-refractivity contribution in [2.45, 2.75) is 208 Å². The molecule has 5 heteroatoms. The summed E-state index contributed by atoms with van der Waals surface area (Å²) in [5, 5.41) is 7.98. The highest BCUT2D eigenvalue weighted by atomic mass is 28.2. The molecule has 0 heterocycles. The Kier molecular flexibility index (Phi) is 35.5. The molecule has 0 nitrogen and oxygen atoms in total. The molecule has 404 valence electrons. The van der Waals surface area contributed by atoms with Crippen molar-refractivity contribution >= 4 is 75.7 Å². The summed E-state index contributed by atoms with van der Waals surface area (Å²) in [6.07, 6.45) is 44.6. The minimum absolute atomic E-state index is 0.00883. The zero-order chi connectivity index (χ0) is 53.6. The first-order valence-corrected chi connectivity index (χ1v) is 36.1. The predicted octanol–water partition coefficient (Wildman–Crippen LogP) is 12.5. The van der Waals surface area contributed by atoms with Gasteiger partial charge in [0.25, 0.3) is 0 Å². The summed E-state index contributed by atoms with van der Waals surface area (Å²) in [7, 11) is 3.59. The van der Waals surface area contributed by atoms with Crippen LogP contribution in [0.25, 0.3) is 0 Å². The zero-order valence-electron chi connectivity index (χ0n) is 49.6. The molecule has 0 unspecified atom stereocenters. The van der Waals surface area contributed by atoms with E-state index in [2.05, 4.69) is 195 Å². The molecule has 74 heavy (non-hydrogen) atoms. The van der Waals surface area contributed by atoms with Gasteiger partial charge < -0.3 is 0 Å². The van der Waals surface area contributed by atoms with E-state index in [0.717, 1.165) is 17.0 Å². The van der Waals surface area contributed by atoms with E-state index in [4.69, 9.17) is 0 Å². The van der Waals surface area contributed by atoms with Crippen LogP contribution in [-0.2, 0) is 6.42 Å². The molecule has 11 rings (SSSR count). The molecule has 5 aromatic carbocycles. The van der Waals surface area contributed by atoms with Gasteiger partial charge in [-0.1, -0.05) is 301 Å². The minimum atomic E-state index is -0.00883. The summed E-state index contributed by atoms with van der Waals surface area (Å²) in [5.74, 6) is 1.05. The highest BCUT2D eigenvalue weighted by Gasteiger charge is 2.18. The standard InChI is InChI=1S/C14H22Si.C11H16Si.C9H14Si.C8H12Si.C6H8Si.C6H12.3C5H8/c1-10-8-11(2)14(12(3)9-10)15-13-6-4-5-7-13;1-2-6-10(7-3-1)12-11-8-4-5-9-11;1-6-4-7(2)9(10)8(3)5-6;1-2-7-5-3-4-6-8(7)9;7-6-4-2-1-3-5-6;1-6-4-2-3-5-6;3*1-2-4-5-3-1/h8-9,13H,4-7,15H2,1-3H3;1-3,6-7,11H,4-5,8-9,12H2;4-5H,1-3,10H3;3-6H,2H2,1,9H3;1-5H,7H3;6H,2-5H2,1H3;3*1-2H,3-5H2. The summed E-state index contributed by atoms with van der Waals surface area (Å²) >= 11 is 0. The van der Waals surface area contributed by atoms with Crippen molar-refractivity contribution in [2.75, 3.05) is 0 Å². The van der Waals surface area contributed by atoms with E-state index in [0.29, 0.717) is 0 Å². The molecule has 0 aromatic heterocycles. The molecule has 5 aromatic rings. The van der Waals surface area contributed by atoms with Crippen molar-refractivity contribution < 1.29 is 0 Å². The number of rotatable bonds is 5. The Morgan fingerprint density at radius 1 is 0.419 bits per heavy atom. The first-order chi connectivity index (χ1) is 35.9. The van der Waals surface area contributed by atoms with Crippen LogP contribution in [0.3, 0.4) is 0 Å². The van der Waals surface area contributed by atoms with Crippen LogP contribution in [0.1, 0.15) is 188 Å². The molecule has 0 saturated heterocycles. The van der Waals surface area contributed by atoms with Gasteiger partial charge in [0.2, 0.25) is 0 Å². The molecule has 3 saturated carbocycles. The van der Waals surface area contributed by atoms with E-state index in [1.54, 1.807) is 31.9 Å². The molecule has 6 aliphatic carbocycles. The van der Waals surface area contributed by atoms with Crippen molar-refractivity contribution in [2.24, 2.45) is 5.92 Å². The lowest BCUT2D eigenvalue weighted by Gasteiger charge is -2.14. The molecule has 0 bridgehead atoms. The van der Waals surface area contributed by atoms with Gasteiger partial charge in [-0.25, -0.2) is 0 Å². The number of aryl methyl sites for hydroxylation is 7. The fraction of sp³-hybridized carbons (Fsp3) is 0.478. The SMILES string of the molecule is C1=CCCC1.C1=CCCC1.C1=CCCC1.CC1CCCC1.CCc1ccccc1[SiH3].Cc1cc(C)c([SiH2]C2CCCC2)c(C)c1.Cc1cc(C)c([SiH3])c(C)c1.[SiH3]c1ccccc1.c1ccc([SiH2]C2CCCC2)cc1. The van der Waals surface area contributed by atoms with Crippen LogP contribution in [-0.4, -0.2) is 49.8 Å². The molecule has 0 aliphatic heterocycles. The predicted molar refractivity (Wildman–Crippen MR) is 356 cm³/mol. The molecular formula is C69H108Si5. The number of hydrogen-bond donors (Lipinski definition) is 0. The van der Waals surface area contributed by atoms with Crippen molar-refractivity contribution in [1.82, 2.24) is 0 Å². The Balaban J connectivity index is 0.000000225. The summed E-state index contributed by atoms with van der Waals surface area (Å²) in [4.78, 5) is 0. The van der Waals surface area contributed by atoms with Crippen molar-refractivity contribution in [3.05, 3.63) is 185 Å². The fourth-order valence-electron chi connectivity index (χ4n) is 10.9. The molecule has 3 fully saturated rings. The Morgan fingerprint density at radius 3 is 1.11 bits per heavy atom. The Labute approximate surface area is 470 Å². The molecule has 0 amide bonds. The second kappa shape index (κ2) is 40.6. The van der Waals surface area contributed by atoms with Crippen molar-refractivity contribution in [1.29, 1.82) is 0 Å². The van der Waals surface area contributed by atoms with Gasteiger partial charge in [0.05, 0.1) is 19.0 Å². The maximum absolute atomic E-state index is 2.37. The summed E-state index contributed by atoms with van der Waals surface area (Å²) < 4.78 is 0. The van der Waals surface area contributed by atoms with Crippen LogP contribution in [0.2, 0.25) is 11.1 Å². The molecular weight excluding hydrogens is 969 g/mol. The van der Waals surface area contributed by atoms with Crippen LogP contribution >= 0.6 is 0 Å². The molecule has 6 aliphatic rings. The monoisotopic (exact) mass is 1080 g/mol. The quantitative estimate of drug-likeness (QED) is 0.122. The summed E-state index contributed by atoms with van der Waals surface area (Å²) in [6, 6.07) is 39.5. The average Bonchev–Trinajstić information content (AvgIpc) is 4.26. The third kappa shape index (κ3) is 30.2. The van der Waals surface area contributed by atoms with E-state index in [1.165, 1.54) is 205 Å². The van der Waals surface area contributed by atoms with Crippen LogP contribution in [0.4, 0.5) is 0 Å². The summed E-state index contributed by atoms with van der Waals surface area (Å²) in [6.45, 7) is 17.9. The Bertz CT molecular complexity index is 2170. The number of benzene rings is 5. The van der Waals surface area contributed by atoms with E-state index in [1.807, 2.05) is 6.07 Å². The maximum Gasteiger partial charge on any atom is 0.0585 e. The summed E-state index contributed by atoms with van der Waals surface area (Å²) in [5.41, 5.74) is 12.6. The third-order valence-electron chi connectivity index (χ3n) is 15.7. The van der Waals surface area contributed by atoms with Gasteiger partial charge in [0.15, 0.2) is 0 Å². The Hall–Kier alpha value is -3.60. The average molecular weight is 1080 g/mol. The zero-order valence-corrected chi connectivity index (χ0v) is 58.4. The molecule has 0 N–H and O–H groups in total. The van der Waals surface area contributed by atoms with Gasteiger partial charge in [-0.2, -0.15) is 0 Å². The first-order valence-electron chi connectivity index (χ1n) is 30.0. The van der Waals surface area contributed by atoms with E-state index < -0.39 is 0 Å². The molecule has 0 spiro atoms. The van der Waals surface area contributed by atoms with Gasteiger partial charge in [-0.3, -0.25) is 0 Å². The second-order valence-corrected chi connectivity index (χ2v) is 30.5. The second-order valence-electron chi connectivity index (χ2n) is 22.6. The topological polar surface area (TPSA) is 0 Å². The van der Waals surface area contributed by atoms with E-state index in [9.17, 15) is 0 Å². The van der Waals surface area contributed by atoms with Gasteiger partial charge in [-0.05, 0) is 123 Å². The number of hydrogen-bond acceptors (Lipinski definition) is 0. The number of allylic oxidation sites excluding steroid dienone is 6. The van der Waals surface area contributed by atoms with E-state index >= 15 is 0 Å². The lowest BCUT2D eigenvalue weighted by molar-refractivity contribution is 0.612. The van der Waals surface area contributed by atoms with Crippen LogP contribution in [0.15, 0.2) is 146 Å². The first kappa shape index (κ1) is 64.7. The highest BCUT2D eigenvalue weighted by molar-refractivity contribution is 6.56. The minimum Gasteiger partial charge on any atom is -0.0885 e. The third-order valence-corrected chi connectivity index (χ3v) is 24.1. The molecule has 0 radical (unpaired) electrons. The lowest BCUT2D eigenvalue weighted by Crippen LogP contribution is -2.24. The van der Waals surface area contributed by atoms with E-state index in [-0.39, 0.29) is 19.0 Å². The van der Waals surface area contributed by atoms with Gasteiger partial charge in [0.1, 0.15) is 0 Å². The highest BCUT2D eigenvalue weighted by Crippen LogP contribution is 2.30. The molecule has 0 atom stereocenters. The van der Waals surface area contributed by atoms with Crippen molar-refractivity contribution in [3.8, 4) is 0 Å². The largest absolute Gasteiger partial charge is 0.0885 e. The normalized spacial score (nSPS) is 16.5. The van der Waals surface area contributed by atoms with Crippen LogP contribution < -0.4 is 25.9 Å². The van der Waals surface area contributed by atoms with Crippen LogP contribution in [0, 0.1) is 47.5 Å².